The van der Waals surface area contributed by atoms with Gasteiger partial charge in [0.15, 0.2) is 0 Å². The first-order chi connectivity index (χ1) is 18.7. The molecule has 1 amide bonds. The van der Waals surface area contributed by atoms with Crippen LogP contribution in [0, 0.1) is 17.6 Å². The summed E-state index contributed by atoms with van der Waals surface area (Å²) in [4.78, 5) is 15.4. The van der Waals surface area contributed by atoms with Gasteiger partial charge in [0.05, 0.1) is 24.1 Å². The zero-order valence-corrected chi connectivity index (χ0v) is 22.8. The summed E-state index contributed by atoms with van der Waals surface area (Å²) in [6.45, 7) is 3.33. The first-order valence-corrected chi connectivity index (χ1v) is 13.9. The molecule has 0 radical (unpaired) electrons. The average Bonchev–Trinajstić information content (AvgIpc) is 3.52. The monoisotopic (exact) mass is 547 g/mol. The molecule has 0 N–H and O–H groups in total. The average molecular weight is 548 g/mol. The van der Waals surface area contributed by atoms with Gasteiger partial charge < -0.3 is 9.64 Å². The Hall–Kier alpha value is -3.10. The van der Waals surface area contributed by atoms with E-state index < -0.39 is 18.2 Å². The molecule has 5 nitrogen and oxygen atoms in total. The molecule has 1 aromatic carbocycles. The molecule has 39 heavy (non-hydrogen) atoms. The van der Waals surface area contributed by atoms with Gasteiger partial charge in [-0.2, -0.15) is 13.9 Å². The highest BCUT2D eigenvalue weighted by molar-refractivity contribution is 5.81. The Morgan fingerprint density at radius 1 is 1.13 bits per heavy atom. The summed E-state index contributed by atoms with van der Waals surface area (Å²) < 4.78 is 60.9. The van der Waals surface area contributed by atoms with Gasteiger partial charge in [-0.3, -0.25) is 4.79 Å². The Balaban J connectivity index is 1.44. The highest BCUT2D eigenvalue weighted by Gasteiger charge is 2.44. The van der Waals surface area contributed by atoms with Gasteiger partial charge in [0.1, 0.15) is 11.6 Å². The maximum Gasteiger partial charge on any atom is 0.333 e. The molecule has 2 aromatic rings. The second-order valence-electron chi connectivity index (χ2n) is 10.4. The van der Waals surface area contributed by atoms with E-state index in [1.54, 1.807) is 0 Å². The second-order valence-corrected chi connectivity index (χ2v) is 10.4. The van der Waals surface area contributed by atoms with Crippen LogP contribution in [0.25, 0.3) is 5.57 Å². The number of carbonyl (C=O) groups is 1. The Labute approximate surface area is 227 Å². The first-order valence-electron chi connectivity index (χ1n) is 13.9. The molecule has 2 unspecified atom stereocenters. The molecule has 0 spiro atoms. The number of alkyl halides is 2. The summed E-state index contributed by atoms with van der Waals surface area (Å²) in [5.41, 5.74) is 1.87. The van der Waals surface area contributed by atoms with E-state index in [9.17, 15) is 22.4 Å². The van der Waals surface area contributed by atoms with E-state index >= 15 is 0 Å². The second kappa shape index (κ2) is 12.8. The van der Waals surface area contributed by atoms with Crippen molar-refractivity contribution in [3.05, 3.63) is 71.3 Å². The maximum atomic E-state index is 13.9. The lowest BCUT2D eigenvalue weighted by molar-refractivity contribution is -0.146. The molecule has 1 saturated heterocycles. The molecule has 0 bridgehead atoms. The van der Waals surface area contributed by atoms with Gasteiger partial charge >= 0.3 is 6.55 Å². The van der Waals surface area contributed by atoms with Crippen molar-refractivity contribution in [2.45, 2.75) is 96.9 Å². The summed E-state index contributed by atoms with van der Waals surface area (Å²) in [5.74, 6) is -0.717. The van der Waals surface area contributed by atoms with Gasteiger partial charge in [-0.1, -0.05) is 26.8 Å². The molecule has 1 aromatic heterocycles. The van der Waals surface area contributed by atoms with E-state index in [4.69, 9.17) is 4.74 Å². The number of aromatic nitrogens is 2. The van der Waals surface area contributed by atoms with Crippen LogP contribution in [0.1, 0.15) is 95.9 Å². The number of benzene rings is 1. The van der Waals surface area contributed by atoms with Gasteiger partial charge in [0, 0.05) is 36.2 Å². The number of amides is 1. The third-order valence-electron chi connectivity index (χ3n) is 7.63. The van der Waals surface area contributed by atoms with E-state index in [0.29, 0.717) is 41.5 Å². The van der Waals surface area contributed by atoms with E-state index in [1.807, 2.05) is 37.8 Å². The Morgan fingerprint density at radius 3 is 2.44 bits per heavy atom. The van der Waals surface area contributed by atoms with Crippen molar-refractivity contribution >= 4 is 11.5 Å². The van der Waals surface area contributed by atoms with Crippen molar-refractivity contribution in [1.82, 2.24) is 14.7 Å². The summed E-state index contributed by atoms with van der Waals surface area (Å²) in [6, 6.07) is 3.21. The van der Waals surface area contributed by atoms with Crippen molar-refractivity contribution in [2.24, 2.45) is 5.92 Å². The van der Waals surface area contributed by atoms with Gasteiger partial charge in [-0.15, -0.1) is 0 Å². The van der Waals surface area contributed by atoms with Crippen LogP contribution in [0.3, 0.4) is 0 Å². The molecule has 2 aliphatic rings. The minimum absolute atomic E-state index is 0.0147. The van der Waals surface area contributed by atoms with E-state index in [1.165, 1.54) is 24.5 Å². The van der Waals surface area contributed by atoms with Crippen LogP contribution in [-0.2, 0) is 9.53 Å². The molecule has 2 atom stereocenters. The van der Waals surface area contributed by atoms with Crippen molar-refractivity contribution in [3.8, 4) is 0 Å². The van der Waals surface area contributed by atoms with E-state index in [2.05, 4.69) is 5.10 Å². The molecule has 4 rings (SSSR count). The van der Waals surface area contributed by atoms with Crippen molar-refractivity contribution in [1.29, 1.82) is 0 Å². The number of allylic oxidation sites excluding steroid dienone is 4. The summed E-state index contributed by atoms with van der Waals surface area (Å²) in [6.07, 6.45) is 12.1. The van der Waals surface area contributed by atoms with Crippen molar-refractivity contribution in [2.75, 3.05) is 0 Å². The fourth-order valence-corrected chi connectivity index (χ4v) is 5.66. The van der Waals surface area contributed by atoms with Crippen LogP contribution in [0.5, 0.6) is 0 Å². The SMILES string of the molecule is CC/C=C(\C=C(/CCC)OC1CC(C(=O)N2C(CC)CCC2c2cc(F)cc(F)c2)C1)c1cnn(C(F)F)c1. The van der Waals surface area contributed by atoms with E-state index in [0.717, 1.165) is 43.1 Å². The Bertz CT molecular complexity index is 1180. The quantitative estimate of drug-likeness (QED) is 0.163. The highest BCUT2D eigenvalue weighted by Crippen LogP contribution is 2.42. The lowest BCUT2D eigenvalue weighted by Gasteiger charge is -2.40. The van der Waals surface area contributed by atoms with Crippen LogP contribution in [-0.4, -0.2) is 32.7 Å². The molecular formula is C30H37F4N3O2. The lowest BCUT2D eigenvalue weighted by Crippen LogP contribution is -2.47. The Morgan fingerprint density at radius 2 is 1.85 bits per heavy atom. The van der Waals surface area contributed by atoms with Crippen molar-refractivity contribution < 1.29 is 27.1 Å². The number of nitrogens with zero attached hydrogens (tertiary/aromatic N) is 3. The van der Waals surface area contributed by atoms with Crippen LogP contribution in [0.15, 0.2) is 48.5 Å². The van der Waals surface area contributed by atoms with Gasteiger partial charge in [-0.25, -0.2) is 13.5 Å². The molecule has 1 aliphatic carbocycles. The largest absolute Gasteiger partial charge is 0.495 e. The lowest BCUT2D eigenvalue weighted by atomic mass is 9.80. The molecule has 212 valence electrons. The minimum Gasteiger partial charge on any atom is -0.495 e. The minimum atomic E-state index is -2.70. The van der Waals surface area contributed by atoms with Gasteiger partial charge in [-0.05, 0) is 74.3 Å². The predicted octanol–water partition coefficient (Wildman–Crippen LogP) is 7.97. The van der Waals surface area contributed by atoms with Crippen LogP contribution in [0.2, 0.25) is 0 Å². The van der Waals surface area contributed by atoms with Crippen LogP contribution in [0.4, 0.5) is 17.6 Å². The predicted molar refractivity (Wildman–Crippen MR) is 142 cm³/mol. The number of hydrogen-bond acceptors (Lipinski definition) is 3. The number of hydrogen-bond donors (Lipinski definition) is 0. The zero-order chi connectivity index (χ0) is 28.1. The number of halogens is 4. The fraction of sp³-hybridized carbons (Fsp3) is 0.533. The third kappa shape index (κ3) is 6.73. The molecule has 1 aliphatic heterocycles. The highest BCUT2D eigenvalue weighted by atomic mass is 19.3. The number of carbonyl (C=O) groups excluding carboxylic acids is 1. The smallest absolute Gasteiger partial charge is 0.333 e. The molecule has 2 fully saturated rings. The van der Waals surface area contributed by atoms with Crippen molar-refractivity contribution in [3.63, 3.8) is 0 Å². The Kier molecular flexibility index (Phi) is 9.51. The zero-order valence-electron chi connectivity index (χ0n) is 22.8. The normalized spacial score (nSPS) is 23.8. The van der Waals surface area contributed by atoms with Gasteiger partial charge in [0.2, 0.25) is 5.91 Å². The number of ether oxygens (including phenoxy) is 1. The number of likely N-dealkylation sites (tertiary alicyclic amines) is 1. The fourth-order valence-electron chi connectivity index (χ4n) is 5.66. The first kappa shape index (κ1) is 28.9. The van der Waals surface area contributed by atoms with Crippen LogP contribution < -0.4 is 0 Å². The molecule has 2 heterocycles. The van der Waals surface area contributed by atoms with Crippen LogP contribution >= 0.6 is 0 Å². The summed E-state index contributed by atoms with van der Waals surface area (Å²) >= 11 is 0. The molecular weight excluding hydrogens is 510 g/mol. The number of rotatable bonds is 11. The molecule has 1 saturated carbocycles. The molecule has 9 heteroatoms. The van der Waals surface area contributed by atoms with E-state index in [-0.39, 0.29) is 30.0 Å². The van der Waals surface area contributed by atoms with Gasteiger partial charge in [0.25, 0.3) is 0 Å². The topological polar surface area (TPSA) is 47.4 Å². The maximum absolute atomic E-state index is 13.9. The summed E-state index contributed by atoms with van der Waals surface area (Å²) in [5, 5.41) is 3.75. The standard InChI is InChI=1S/C30H37F4N3O2/c1-4-7-19(22-17-35-36(18-22)30(33)34)13-26(8-5-2)39-27-14-21(15-27)29(38)37-25(6-3)9-10-28(37)20-11-23(31)16-24(32)12-20/h7,11-13,16-18,21,25,27-28,30H,4-6,8-10,14-15H2,1-3H3/b19-7+,26-13+. The third-order valence-corrected chi connectivity index (χ3v) is 7.63. The summed E-state index contributed by atoms with van der Waals surface area (Å²) in [7, 11) is 0.